The quantitative estimate of drug-likeness (QED) is 0.531. The summed E-state index contributed by atoms with van der Waals surface area (Å²) in [5, 5.41) is 2.99. The number of carbonyl (C=O) groups excluding carboxylic acids is 2. The molecule has 0 aromatic heterocycles. The Kier molecular flexibility index (Phi) is 6.07. The van der Waals surface area contributed by atoms with E-state index in [0.29, 0.717) is 29.2 Å². The fourth-order valence-corrected chi connectivity index (χ4v) is 4.69. The van der Waals surface area contributed by atoms with Crippen LogP contribution in [-0.4, -0.2) is 31.8 Å². The van der Waals surface area contributed by atoms with Gasteiger partial charge in [-0.25, -0.2) is 0 Å². The molecule has 164 valence electrons. The van der Waals surface area contributed by atoms with Crippen molar-refractivity contribution in [2.75, 3.05) is 35.1 Å². The van der Waals surface area contributed by atoms with E-state index in [9.17, 15) is 9.59 Å². The van der Waals surface area contributed by atoms with Crippen molar-refractivity contribution in [2.24, 2.45) is 11.5 Å². The van der Waals surface area contributed by atoms with Crippen LogP contribution in [0.5, 0.6) is 0 Å². The molecule has 8 heteroatoms. The van der Waals surface area contributed by atoms with Crippen LogP contribution < -0.4 is 26.6 Å². The van der Waals surface area contributed by atoms with Gasteiger partial charge in [0.1, 0.15) is 0 Å². The van der Waals surface area contributed by atoms with Crippen molar-refractivity contribution >= 4 is 46.3 Å². The van der Waals surface area contributed by atoms with Gasteiger partial charge < -0.3 is 26.6 Å². The highest BCUT2D eigenvalue weighted by molar-refractivity contribution is 7.99. The van der Waals surface area contributed by atoms with Crippen LogP contribution in [0.4, 0.5) is 22.7 Å². The zero-order chi connectivity index (χ0) is 22.8. The summed E-state index contributed by atoms with van der Waals surface area (Å²) in [5.74, 6) is 0.0484. The summed E-state index contributed by atoms with van der Waals surface area (Å²) >= 11 is 1.63. The molecule has 0 radical (unpaired) electrons. The predicted octanol–water partition coefficient (Wildman–Crippen LogP) is 3.76. The molecule has 32 heavy (non-hydrogen) atoms. The van der Waals surface area contributed by atoms with Crippen LogP contribution >= 0.6 is 11.8 Å². The number of primary amides is 1. The molecule has 0 aliphatic carbocycles. The number of anilines is 4. The molecule has 7 nitrogen and oxygen atoms in total. The second-order valence-corrected chi connectivity index (χ2v) is 8.68. The molecule has 0 spiro atoms. The maximum atomic E-state index is 12.9. The lowest BCUT2D eigenvalue weighted by Gasteiger charge is -2.23. The zero-order valence-corrected chi connectivity index (χ0v) is 18.8. The Morgan fingerprint density at radius 1 is 1.03 bits per heavy atom. The molecular weight excluding hydrogens is 422 g/mol. The number of thioether (sulfide) groups is 1. The second-order valence-electron chi connectivity index (χ2n) is 7.69. The number of nitrogens with zero attached hydrogens (tertiary/aromatic N) is 2. The summed E-state index contributed by atoms with van der Waals surface area (Å²) < 4.78 is 0. The van der Waals surface area contributed by atoms with Crippen molar-refractivity contribution in [3.63, 3.8) is 0 Å². The van der Waals surface area contributed by atoms with Crippen LogP contribution in [-0.2, 0) is 6.54 Å². The Balaban J connectivity index is 1.63. The largest absolute Gasteiger partial charge is 0.378 e. The molecule has 0 atom stereocenters. The summed E-state index contributed by atoms with van der Waals surface area (Å²) in [6, 6.07) is 18.6. The summed E-state index contributed by atoms with van der Waals surface area (Å²) in [4.78, 5) is 29.5. The Morgan fingerprint density at radius 2 is 1.84 bits per heavy atom. The number of benzene rings is 3. The maximum absolute atomic E-state index is 12.9. The molecule has 0 fully saturated rings. The van der Waals surface area contributed by atoms with E-state index in [0.717, 1.165) is 27.5 Å². The number of carbonyl (C=O) groups is 2. The van der Waals surface area contributed by atoms with E-state index < -0.39 is 5.91 Å². The summed E-state index contributed by atoms with van der Waals surface area (Å²) in [5.41, 5.74) is 17.0. The number of hydrogen-bond acceptors (Lipinski definition) is 6. The van der Waals surface area contributed by atoms with Gasteiger partial charge in [0.15, 0.2) is 0 Å². The Bertz CT molecular complexity index is 1190. The molecule has 0 saturated carbocycles. The van der Waals surface area contributed by atoms with Gasteiger partial charge in [0.25, 0.3) is 5.91 Å². The third kappa shape index (κ3) is 4.28. The number of amides is 2. The number of nitrogens with two attached hydrogens (primary N) is 2. The van der Waals surface area contributed by atoms with E-state index in [4.69, 9.17) is 11.5 Å². The molecule has 0 unspecified atom stereocenters. The van der Waals surface area contributed by atoms with Crippen LogP contribution in [0, 0.1) is 0 Å². The average Bonchev–Trinajstić information content (AvgIpc) is 3.22. The van der Waals surface area contributed by atoms with Crippen molar-refractivity contribution in [1.29, 1.82) is 0 Å². The van der Waals surface area contributed by atoms with E-state index in [1.165, 1.54) is 0 Å². The lowest BCUT2D eigenvalue weighted by Crippen LogP contribution is -2.17. The fraction of sp³-hybridized carbons (Fsp3) is 0.167. The van der Waals surface area contributed by atoms with Crippen molar-refractivity contribution in [2.45, 2.75) is 11.4 Å². The standard InChI is InChI=1S/C24H25N5O2S/c1-28(2)19-5-3-4-16(10-19)24(31)27-18-8-6-17(13-25)21(12-18)29-14-32-22-11-15(23(26)30)7-9-20(22)29/h3-12H,13-14,25H2,1-2H3,(H2,26,30)(H,27,31). The van der Waals surface area contributed by atoms with E-state index in [-0.39, 0.29) is 5.91 Å². The van der Waals surface area contributed by atoms with Gasteiger partial charge in [0.2, 0.25) is 5.91 Å². The zero-order valence-electron chi connectivity index (χ0n) is 18.0. The van der Waals surface area contributed by atoms with Crippen LogP contribution in [0.1, 0.15) is 26.3 Å². The first-order valence-electron chi connectivity index (χ1n) is 10.1. The Labute approximate surface area is 191 Å². The fourth-order valence-electron chi connectivity index (χ4n) is 3.60. The number of rotatable bonds is 6. The van der Waals surface area contributed by atoms with Gasteiger partial charge in [0.05, 0.1) is 11.6 Å². The van der Waals surface area contributed by atoms with Gasteiger partial charge in [-0.2, -0.15) is 0 Å². The lowest BCUT2D eigenvalue weighted by atomic mass is 10.1. The van der Waals surface area contributed by atoms with Crippen LogP contribution in [0.25, 0.3) is 0 Å². The SMILES string of the molecule is CN(C)c1cccc(C(=O)Nc2ccc(CN)c(N3CSc4cc(C(N)=O)ccc43)c2)c1. The first-order valence-corrected chi connectivity index (χ1v) is 11.1. The number of fused-ring (bicyclic) bond motifs is 1. The minimum absolute atomic E-state index is 0.178. The molecule has 1 heterocycles. The minimum atomic E-state index is -0.447. The first kappa shape index (κ1) is 21.7. The highest BCUT2D eigenvalue weighted by Crippen LogP contribution is 2.44. The smallest absolute Gasteiger partial charge is 0.255 e. The Hall–Kier alpha value is -3.49. The normalized spacial score (nSPS) is 12.4. The second kappa shape index (κ2) is 8.94. The molecule has 1 aliphatic heterocycles. The van der Waals surface area contributed by atoms with Gasteiger partial charge in [-0.05, 0) is 54.1 Å². The van der Waals surface area contributed by atoms with E-state index in [1.54, 1.807) is 23.9 Å². The molecule has 5 N–H and O–H groups in total. The first-order chi connectivity index (χ1) is 15.4. The van der Waals surface area contributed by atoms with Gasteiger partial charge in [0, 0.05) is 53.7 Å². The van der Waals surface area contributed by atoms with Gasteiger partial charge in [-0.15, -0.1) is 11.8 Å². The highest BCUT2D eigenvalue weighted by atomic mass is 32.2. The number of hydrogen-bond donors (Lipinski definition) is 3. The molecule has 4 rings (SSSR count). The van der Waals surface area contributed by atoms with Crippen LogP contribution in [0.2, 0.25) is 0 Å². The third-order valence-corrected chi connectivity index (χ3v) is 6.39. The molecular formula is C24H25N5O2S. The van der Waals surface area contributed by atoms with Crippen LogP contribution in [0.3, 0.4) is 0 Å². The maximum Gasteiger partial charge on any atom is 0.255 e. The molecule has 1 aliphatic rings. The van der Waals surface area contributed by atoms with Gasteiger partial charge in [-0.1, -0.05) is 12.1 Å². The molecule has 0 saturated heterocycles. The predicted molar refractivity (Wildman–Crippen MR) is 131 cm³/mol. The molecule has 3 aromatic carbocycles. The molecule has 3 aromatic rings. The van der Waals surface area contributed by atoms with Crippen molar-refractivity contribution in [1.82, 2.24) is 0 Å². The summed E-state index contributed by atoms with van der Waals surface area (Å²) in [7, 11) is 3.88. The van der Waals surface area contributed by atoms with Crippen molar-refractivity contribution in [3.8, 4) is 0 Å². The van der Waals surface area contributed by atoms with Gasteiger partial charge >= 0.3 is 0 Å². The summed E-state index contributed by atoms with van der Waals surface area (Å²) in [6.07, 6.45) is 0. The topological polar surface area (TPSA) is 105 Å². The molecule has 0 bridgehead atoms. The Morgan fingerprint density at radius 3 is 2.56 bits per heavy atom. The van der Waals surface area contributed by atoms with E-state index in [2.05, 4.69) is 10.2 Å². The van der Waals surface area contributed by atoms with Crippen LogP contribution in [0.15, 0.2) is 65.6 Å². The van der Waals surface area contributed by atoms with E-state index in [1.807, 2.05) is 67.5 Å². The monoisotopic (exact) mass is 447 g/mol. The summed E-state index contributed by atoms with van der Waals surface area (Å²) in [6.45, 7) is 0.365. The van der Waals surface area contributed by atoms with Gasteiger partial charge in [-0.3, -0.25) is 9.59 Å². The minimum Gasteiger partial charge on any atom is -0.378 e. The van der Waals surface area contributed by atoms with Crippen molar-refractivity contribution in [3.05, 3.63) is 77.4 Å². The lowest BCUT2D eigenvalue weighted by molar-refractivity contribution is 0.0997. The number of nitrogens with one attached hydrogen (secondary N) is 1. The third-order valence-electron chi connectivity index (χ3n) is 5.36. The highest BCUT2D eigenvalue weighted by Gasteiger charge is 2.24. The molecule has 2 amide bonds. The van der Waals surface area contributed by atoms with E-state index >= 15 is 0 Å². The average molecular weight is 448 g/mol. The van der Waals surface area contributed by atoms with Crippen molar-refractivity contribution < 1.29 is 9.59 Å².